The number of hydrogen-bond donors (Lipinski definition) is 1. The van der Waals surface area contributed by atoms with E-state index in [1.807, 2.05) is 0 Å². The Kier molecular flexibility index (Phi) is 7.02. The molecule has 2 heterocycles. The fourth-order valence-corrected chi connectivity index (χ4v) is 3.99. The first-order valence-electron chi connectivity index (χ1n) is 8.34. The number of carbonyl (C=O) groups is 2. The van der Waals surface area contributed by atoms with Crippen molar-refractivity contribution >= 4 is 23.6 Å². The molecule has 2 rings (SSSR count). The van der Waals surface area contributed by atoms with E-state index in [2.05, 4.69) is 19.2 Å². The fourth-order valence-electron chi connectivity index (χ4n) is 2.81. The van der Waals surface area contributed by atoms with Crippen LogP contribution in [0.2, 0.25) is 0 Å². The first-order valence-corrected chi connectivity index (χ1v) is 9.50. The fraction of sp³-hybridized carbons (Fsp3) is 0.875. The highest BCUT2D eigenvalue weighted by atomic mass is 32.2. The van der Waals surface area contributed by atoms with Crippen LogP contribution in [0.15, 0.2) is 0 Å². The van der Waals surface area contributed by atoms with Crippen molar-refractivity contribution in [3.63, 3.8) is 0 Å². The average Bonchev–Trinajstić information content (AvgIpc) is 3.15. The average molecular weight is 328 g/mol. The number of hydrogen-bond acceptors (Lipinski definition) is 4. The summed E-state index contributed by atoms with van der Waals surface area (Å²) in [6.45, 7) is 5.78. The van der Waals surface area contributed by atoms with Gasteiger partial charge in [-0.1, -0.05) is 13.8 Å². The van der Waals surface area contributed by atoms with E-state index < -0.39 is 0 Å². The zero-order valence-electron chi connectivity index (χ0n) is 13.7. The third-order valence-corrected chi connectivity index (χ3v) is 5.24. The summed E-state index contributed by atoms with van der Waals surface area (Å²) in [5, 5.41) is 2.97. The maximum Gasteiger partial charge on any atom is 0.243 e. The summed E-state index contributed by atoms with van der Waals surface area (Å²) in [6.07, 6.45) is 4.62. The molecule has 2 saturated heterocycles. The Morgan fingerprint density at radius 1 is 1.41 bits per heavy atom. The number of thioether (sulfide) groups is 1. The summed E-state index contributed by atoms with van der Waals surface area (Å²) in [5.74, 6) is 1.99. The second-order valence-corrected chi connectivity index (χ2v) is 7.53. The largest absolute Gasteiger partial charge is 0.378 e. The summed E-state index contributed by atoms with van der Waals surface area (Å²) in [6, 6.07) is -0.297. The van der Waals surface area contributed by atoms with Gasteiger partial charge in [-0.05, 0) is 31.6 Å². The highest BCUT2D eigenvalue weighted by molar-refractivity contribution is 7.99. The SMILES string of the molecule is CC(C)CCNC(=O)[C@H]1CSCN1C(=O)CC[C@H]1CCCO1. The molecule has 0 bridgehead atoms. The van der Waals surface area contributed by atoms with Gasteiger partial charge in [0, 0.05) is 25.3 Å². The third kappa shape index (κ3) is 5.16. The van der Waals surface area contributed by atoms with Crippen LogP contribution in [0.4, 0.5) is 0 Å². The zero-order chi connectivity index (χ0) is 15.9. The van der Waals surface area contributed by atoms with Crippen molar-refractivity contribution in [3.05, 3.63) is 0 Å². The van der Waals surface area contributed by atoms with Gasteiger partial charge in [0.1, 0.15) is 6.04 Å². The normalized spacial score (nSPS) is 25.0. The van der Waals surface area contributed by atoms with Gasteiger partial charge in [0.25, 0.3) is 0 Å². The molecule has 1 N–H and O–H groups in total. The Hall–Kier alpha value is -0.750. The van der Waals surface area contributed by atoms with E-state index in [-0.39, 0.29) is 24.0 Å². The number of carbonyl (C=O) groups excluding carboxylic acids is 2. The molecule has 0 unspecified atom stereocenters. The summed E-state index contributed by atoms with van der Waals surface area (Å²) in [4.78, 5) is 26.4. The molecule has 2 amide bonds. The lowest BCUT2D eigenvalue weighted by Crippen LogP contribution is -2.47. The smallest absolute Gasteiger partial charge is 0.243 e. The van der Waals surface area contributed by atoms with Crippen LogP contribution in [-0.2, 0) is 14.3 Å². The van der Waals surface area contributed by atoms with E-state index in [1.54, 1.807) is 16.7 Å². The molecule has 2 aliphatic rings. The van der Waals surface area contributed by atoms with E-state index in [0.29, 0.717) is 30.5 Å². The number of amides is 2. The molecular weight excluding hydrogens is 300 g/mol. The summed E-state index contributed by atoms with van der Waals surface area (Å²) in [7, 11) is 0. The van der Waals surface area contributed by atoms with Gasteiger partial charge in [0.15, 0.2) is 0 Å². The molecule has 2 fully saturated rings. The van der Waals surface area contributed by atoms with Crippen molar-refractivity contribution < 1.29 is 14.3 Å². The molecule has 0 aromatic rings. The lowest BCUT2D eigenvalue weighted by molar-refractivity contribution is -0.138. The molecule has 22 heavy (non-hydrogen) atoms. The van der Waals surface area contributed by atoms with E-state index in [9.17, 15) is 9.59 Å². The first-order chi connectivity index (χ1) is 10.6. The third-order valence-electron chi connectivity index (χ3n) is 4.23. The molecule has 0 saturated carbocycles. The Morgan fingerprint density at radius 3 is 2.91 bits per heavy atom. The highest BCUT2D eigenvalue weighted by Gasteiger charge is 2.34. The first kappa shape index (κ1) is 17.6. The van der Waals surface area contributed by atoms with Crippen LogP contribution in [0.1, 0.15) is 46.0 Å². The molecular formula is C16H28N2O3S. The molecule has 0 spiro atoms. The van der Waals surface area contributed by atoms with Gasteiger partial charge in [-0.3, -0.25) is 9.59 Å². The Labute approximate surface area is 137 Å². The van der Waals surface area contributed by atoms with Gasteiger partial charge >= 0.3 is 0 Å². The minimum absolute atomic E-state index is 0.00360. The van der Waals surface area contributed by atoms with Crippen LogP contribution in [0, 0.1) is 5.92 Å². The van der Waals surface area contributed by atoms with E-state index in [1.165, 1.54) is 0 Å². The number of rotatable bonds is 7. The van der Waals surface area contributed by atoms with E-state index in [0.717, 1.165) is 32.3 Å². The molecule has 0 aromatic heterocycles. The van der Waals surface area contributed by atoms with Crippen LogP contribution >= 0.6 is 11.8 Å². The summed E-state index contributed by atoms with van der Waals surface area (Å²) in [5.41, 5.74) is 0. The van der Waals surface area contributed by atoms with Crippen LogP contribution in [0.5, 0.6) is 0 Å². The molecule has 5 nitrogen and oxygen atoms in total. The lowest BCUT2D eigenvalue weighted by Gasteiger charge is -2.23. The van der Waals surface area contributed by atoms with Crippen molar-refractivity contribution in [2.45, 2.75) is 58.1 Å². The van der Waals surface area contributed by atoms with Crippen LogP contribution in [-0.4, -0.2) is 53.6 Å². The van der Waals surface area contributed by atoms with Gasteiger partial charge in [-0.2, -0.15) is 0 Å². The minimum atomic E-state index is -0.297. The van der Waals surface area contributed by atoms with Crippen molar-refractivity contribution in [3.8, 4) is 0 Å². The van der Waals surface area contributed by atoms with Gasteiger partial charge in [0.05, 0.1) is 12.0 Å². The molecule has 0 aliphatic carbocycles. The molecule has 2 atom stereocenters. The molecule has 126 valence electrons. The summed E-state index contributed by atoms with van der Waals surface area (Å²) < 4.78 is 5.56. The Balaban J connectivity index is 1.75. The Morgan fingerprint density at radius 2 is 2.23 bits per heavy atom. The van der Waals surface area contributed by atoms with Crippen molar-refractivity contribution in [2.24, 2.45) is 5.92 Å². The second kappa shape index (κ2) is 8.77. The zero-order valence-corrected chi connectivity index (χ0v) is 14.5. The van der Waals surface area contributed by atoms with Crippen LogP contribution in [0.3, 0.4) is 0 Å². The number of nitrogens with one attached hydrogen (secondary N) is 1. The van der Waals surface area contributed by atoms with Gasteiger partial charge in [0.2, 0.25) is 11.8 Å². The predicted molar refractivity (Wildman–Crippen MR) is 88.6 cm³/mol. The van der Waals surface area contributed by atoms with Crippen LogP contribution in [0.25, 0.3) is 0 Å². The van der Waals surface area contributed by atoms with Crippen molar-refractivity contribution in [1.82, 2.24) is 10.2 Å². The minimum Gasteiger partial charge on any atom is -0.378 e. The second-order valence-electron chi connectivity index (χ2n) is 6.53. The standard InChI is InChI=1S/C16H28N2O3S/c1-12(2)7-8-17-16(20)14-10-22-11-18(14)15(19)6-5-13-4-3-9-21-13/h12-14H,3-11H2,1-2H3,(H,17,20)/t13-,14-/m1/s1. The maximum atomic E-state index is 12.4. The van der Waals surface area contributed by atoms with Gasteiger partial charge < -0.3 is 15.0 Å². The Bertz CT molecular complexity index is 384. The van der Waals surface area contributed by atoms with Crippen molar-refractivity contribution in [2.75, 3.05) is 24.8 Å². The monoisotopic (exact) mass is 328 g/mol. The number of ether oxygens (including phenoxy) is 1. The molecule has 0 aromatic carbocycles. The molecule has 0 radical (unpaired) electrons. The predicted octanol–water partition coefficient (Wildman–Crippen LogP) is 2.01. The molecule has 2 aliphatic heterocycles. The topological polar surface area (TPSA) is 58.6 Å². The van der Waals surface area contributed by atoms with Gasteiger partial charge in [-0.15, -0.1) is 11.8 Å². The lowest BCUT2D eigenvalue weighted by atomic mass is 10.1. The maximum absolute atomic E-state index is 12.4. The van der Waals surface area contributed by atoms with Gasteiger partial charge in [-0.25, -0.2) is 0 Å². The van der Waals surface area contributed by atoms with Crippen LogP contribution < -0.4 is 5.32 Å². The number of nitrogens with zero attached hydrogens (tertiary/aromatic N) is 1. The van der Waals surface area contributed by atoms with Crippen molar-refractivity contribution in [1.29, 1.82) is 0 Å². The summed E-state index contributed by atoms with van der Waals surface area (Å²) >= 11 is 1.66. The van der Waals surface area contributed by atoms with E-state index in [4.69, 9.17) is 4.74 Å². The molecule has 6 heteroatoms. The quantitative estimate of drug-likeness (QED) is 0.777. The van der Waals surface area contributed by atoms with E-state index >= 15 is 0 Å². The highest BCUT2D eigenvalue weighted by Crippen LogP contribution is 2.24.